The minimum Gasteiger partial charge on any atom is -0.493 e. The SMILES string of the molecule is C=C(CC/C=C(\C)CC/C=C(\C)CC/C=C(\C)CC/C=C(\C)CC/C=C(\C)CC/C=C(\C)CC/C=C(\C)CCC=C(C)C)CCN1CCN(P(=O)(OCc2ccc(OC)c(OC)c2)N(CCCl)CCCl)CC1. The van der Waals surface area contributed by atoms with Gasteiger partial charge in [-0.2, -0.15) is 0 Å². The summed E-state index contributed by atoms with van der Waals surface area (Å²) in [5.74, 6) is 1.90. The number of hydrogen-bond donors (Lipinski definition) is 0. The Morgan fingerprint density at radius 1 is 0.556 bits per heavy atom. The van der Waals surface area contributed by atoms with Crippen molar-refractivity contribution in [2.75, 3.05) is 71.8 Å². The van der Waals surface area contributed by atoms with Gasteiger partial charge in [-0.3, -0.25) is 4.57 Å². The van der Waals surface area contributed by atoms with Gasteiger partial charge in [0.1, 0.15) is 0 Å². The number of rotatable bonds is 38. The van der Waals surface area contributed by atoms with Gasteiger partial charge in [-0.05, 0) is 189 Å². The van der Waals surface area contributed by atoms with Crippen molar-refractivity contribution in [2.45, 2.75) is 178 Å². The third kappa shape index (κ3) is 28.7. The number of allylic oxidation sites excluding steroid dienone is 16. The summed E-state index contributed by atoms with van der Waals surface area (Å²) >= 11 is 12.4. The summed E-state index contributed by atoms with van der Waals surface area (Å²) in [6, 6.07) is 5.60. The number of nitrogens with zero attached hydrogens (tertiary/aromatic N) is 3. The maximum absolute atomic E-state index is 14.8. The Bertz CT molecular complexity index is 2030. The van der Waals surface area contributed by atoms with Gasteiger partial charge < -0.3 is 18.9 Å². The molecule has 72 heavy (non-hydrogen) atoms. The molecule has 0 aromatic heterocycles. The highest BCUT2D eigenvalue weighted by molar-refractivity contribution is 7.54. The van der Waals surface area contributed by atoms with Crippen molar-refractivity contribution in [1.29, 1.82) is 0 Å². The molecule has 0 radical (unpaired) electrons. The van der Waals surface area contributed by atoms with Crippen LogP contribution in [0.25, 0.3) is 0 Å². The first kappa shape index (κ1) is 65.2. The van der Waals surface area contributed by atoms with Crippen molar-refractivity contribution in [3.63, 3.8) is 0 Å². The van der Waals surface area contributed by atoms with E-state index in [0.29, 0.717) is 49.4 Å². The number of ether oxygens (including phenoxy) is 2. The van der Waals surface area contributed by atoms with E-state index in [4.69, 9.17) is 37.2 Å². The van der Waals surface area contributed by atoms with E-state index in [1.54, 1.807) is 14.2 Å². The van der Waals surface area contributed by atoms with Crippen molar-refractivity contribution < 1.29 is 18.6 Å². The van der Waals surface area contributed by atoms with Crippen LogP contribution < -0.4 is 9.47 Å². The molecule has 1 atom stereocenters. The fraction of sp³-hybridized carbons (Fsp3) is 0.613. The van der Waals surface area contributed by atoms with Crippen LogP contribution in [-0.4, -0.2) is 86.0 Å². The van der Waals surface area contributed by atoms with E-state index in [-0.39, 0.29) is 6.61 Å². The second kappa shape index (κ2) is 38.6. The highest BCUT2D eigenvalue weighted by atomic mass is 35.5. The van der Waals surface area contributed by atoms with Gasteiger partial charge >= 0.3 is 7.67 Å². The molecular weight excluding hydrogens is 953 g/mol. The average Bonchev–Trinajstić information content (AvgIpc) is 3.34. The Labute approximate surface area is 451 Å². The van der Waals surface area contributed by atoms with Gasteiger partial charge in [0.15, 0.2) is 11.5 Å². The molecule has 0 spiro atoms. The van der Waals surface area contributed by atoms with Crippen LogP contribution in [0.4, 0.5) is 0 Å². The van der Waals surface area contributed by atoms with Crippen LogP contribution in [0.5, 0.6) is 11.5 Å². The van der Waals surface area contributed by atoms with Crippen molar-refractivity contribution >= 4 is 30.9 Å². The Morgan fingerprint density at radius 3 is 1.29 bits per heavy atom. The van der Waals surface area contributed by atoms with Crippen LogP contribution in [0.2, 0.25) is 0 Å². The lowest BCUT2D eigenvalue weighted by Gasteiger charge is -2.42. The molecule has 1 aliphatic heterocycles. The molecule has 1 heterocycles. The maximum Gasteiger partial charge on any atom is 0.346 e. The standard InChI is InChI=1S/C62H100Cl2N3O4P/c1-51(2)21-13-22-52(3)23-14-24-53(4)25-15-26-54(5)27-16-28-55(6)29-17-30-56(7)31-18-32-57(8)33-19-34-58(9)35-20-36-59(10)39-42-65-45-47-67(48-46-65)72(68,66(43-40-63)44-41-64)71-50-60-37-38-61(69-11)62(49-60)70-12/h21,23,25,27,29,31,33,35,37-38,49H,10,13-20,22,24,26,28,30,32,34,36,39-48,50H2,1-9,11-12H3/b52-23+,53-25+,54-27+,55-29+,56-31+,57-33+,58-35+. The first-order valence-electron chi connectivity index (χ1n) is 27.2. The Balaban J connectivity index is 1.65. The minimum atomic E-state index is -3.41. The molecule has 0 aliphatic carbocycles. The Morgan fingerprint density at radius 2 is 0.931 bits per heavy atom. The van der Waals surface area contributed by atoms with E-state index >= 15 is 0 Å². The summed E-state index contributed by atoms with van der Waals surface area (Å²) in [6.45, 7) is 29.6. The molecule has 1 aromatic rings. The van der Waals surface area contributed by atoms with Gasteiger partial charge in [0.2, 0.25) is 0 Å². The number of methoxy groups -OCH3 is 2. The molecule has 7 nitrogen and oxygen atoms in total. The van der Waals surface area contributed by atoms with Crippen molar-refractivity contribution in [1.82, 2.24) is 14.2 Å². The molecule has 0 saturated carbocycles. The minimum absolute atomic E-state index is 0.161. The van der Waals surface area contributed by atoms with E-state index in [2.05, 4.69) is 122 Å². The summed E-state index contributed by atoms with van der Waals surface area (Å²) in [6.07, 6.45) is 38.4. The van der Waals surface area contributed by atoms with Crippen LogP contribution in [0.1, 0.15) is 177 Å². The Kier molecular flexibility index (Phi) is 35.0. The van der Waals surface area contributed by atoms with Gasteiger partial charge in [-0.1, -0.05) is 111 Å². The van der Waals surface area contributed by atoms with E-state index in [0.717, 1.165) is 122 Å². The van der Waals surface area contributed by atoms with E-state index in [9.17, 15) is 4.57 Å². The fourth-order valence-electron chi connectivity index (χ4n) is 8.79. The molecule has 2 rings (SSSR count). The zero-order chi connectivity index (χ0) is 53.2. The topological polar surface area (TPSA) is 54.5 Å². The lowest BCUT2D eigenvalue weighted by molar-refractivity contribution is 0.144. The highest BCUT2D eigenvalue weighted by Gasteiger charge is 2.40. The number of alkyl halides is 2. The molecule has 1 aromatic carbocycles. The molecule has 0 N–H and O–H groups in total. The molecule has 10 heteroatoms. The molecule has 0 bridgehead atoms. The molecule has 0 amide bonds. The second-order valence-electron chi connectivity index (χ2n) is 20.5. The van der Waals surface area contributed by atoms with Crippen molar-refractivity contribution in [2.24, 2.45) is 0 Å². The smallest absolute Gasteiger partial charge is 0.346 e. The summed E-state index contributed by atoms with van der Waals surface area (Å²) in [4.78, 5) is 2.44. The van der Waals surface area contributed by atoms with Crippen LogP contribution >= 0.6 is 30.9 Å². The summed E-state index contributed by atoms with van der Waals surface area (Å²) in [5, 5.41) is 0. The van der Waals surface area contributed by atoms with Crippen LogP contribution in [0, 0.1) is 0 Å². The zero-order valence-corrected chi connectivity index (χ0v) is 49.7. The van der Waals surface area contributed by atoms with Crippen molar-refractivity contribution in [3.05, 3.63) is 129 Å². The van der Waals surface area contributed by atoms with E-state index < -0.39 is 7.67 Å². The van der Waals surface area contributed by atoms with Gasteiger partial charge in [0.05, 0.1) is 20.8 Å². The summed E-state index contributed by atoms with van der Waals surface area (Å²) < 4.78 is 35.8. The second-order valence-corrected chi connectivity index (χ2v) is 23.7. The monoisotopic (exact) mass is 1050 g/mol. The van der Waals surface area contributed by atoms with Crippen LogP contribution in [0.3, 0.4) is 0 Å². The molecule has 1 saturated heterocycles. The summed E-state index contributed by atoms with van der Waals surface area (Å²) in [7, 11) is -0.206. The number of benzene rings is 1. The van der Waals surface area contributed by atoms with E-state index in [1.807, 2.05) is 27.5 Å². The Hall–Kier alpha value is -2.87. The van der Waals surface area contributed by atoms with Gasteiger partial charge in [0, 0.05) is 57.6 Å². The van der Waals surface area contributed by atoms with E-state index in [1.165, 1.54) is 63.0 Å². The third-order valence-electron chi connectivity index (χ3n) is 13.6. The third-order valence-corrected chi connectivity index (χ3v) is 16.7. The zero-order valence-electron chi connectivity index (χ0n) is 47.3. The van der Waals surface area contributed by atoms with Crippen LogP contribution in [0.15, 0.2) is 124 Å². The molecule has 1 unspecified atom stereocenters. The van der Waals surface area contributed by atoms with Gasteiger partial charge in [-0.15, -0.1) is 23.2 Å². The first-order chi connectivity index (χ1) is 34.5. The van der Waals surface area contributed by atoms with Gasteiger partial charge in [0.25, 0.3) is 0 Å². The van der Waals surface area contributed by atoms with Gasteiger partial charge in [-0.25, -0.2) is 9.34 Å². The number of halogens is 2. The molecule has 406 valence electrons. The molecular formula is C62H100Cl2N3O4P. The van der Waals surface area contributed by atoms with Crippen LogP contribution in [-0.2, 0) is 15.7 Å². The first-order valence-corrected chi connectivity index (χ1v) is 29.8. The predicted molar refractivity (Wildman–Crippen MR) is 316 cm³/mol. The van der Waals surface area contributed by atoms with Crippen molar-refractivity contribution in [3.8, 4) is 11.5 Å². The quantitative estimate of drug-likeness (QED) is 0.0372. The lowest BCUT2D eigenvalue weighted by Crippen LogP contribution is -2.48. The molecule has 1 aliphatic rings. The predicted octanol–water partition coefficient (Wildman–Crippen LogP) is 18.5. The fourth-order valence-corrected chi connectivity index (χ4v) is 11.8. The summed E-state index contributed by atoms with van der Waals surface area (Å²) in [5.41, 5.74) is 14.1. The largest absolute Gasteiger partial charge is 0.493 e. The number of piperazine rings is 1. The normalized spacial score (nSPS) is 16.1. The maximum atomic E-state index is 14.8. The lowest BCUT2D eigenvalue weighted by atomic mass is 10.0. The molecule has 1 fully saturated rings. The average molecular weight is 1050 g/mol. The highest BCUT2D eigenvalue weighted by Crippen LogP contribution is 2.55. The number of hydrogen-bond acceptors (Lipinski definition) is 5.